The van der Waals surface area contributed by atoms with E-state index in [0.717, 1.165) is 12.8 Å². The topological polar surface area (TPSA) is 92.9 Å². The quantitative estimate of drug-likeness (QED) is 0.736. The minimum Gasteiger partial charge on any atom is -0.383 e. The molecule has 0 radical (unpaired) electrons. The second-order valence-electron chi connectivity index (χ2n) is 5.56. The van der Waals surface area contributed by atoms with Crippen LogP contribution in [0.15, 0.2) is 9.59 Å². The Kier molecular flexibility index (Phi) is 2.96. The standard InChI is InChI=1S/C12H20N4O2/c1-4-5-16-9(13)8(10(17)15-11(16)18)14-7-6-12(7,2)3/h7,14H,4-6,13H2,1-3H3,(H,15,17,18). The van der Waals surface area contributed by atoms with Crippen molar-refractivity contribution in [1.29, 1.82) is 0 Å². The van der Waals surface area contributed by atoms with E-state index in [2.05, 4.69) is 24.1 Å². The Balaban J connectivity index is 2.38. The summed E-state index contributed by atoms with van der Waals surface area (Å²) in [6, 6.07) is 0.244. The number of rotatable bonds is 4. The molecule has 0 aliphatic heterocycles. The lowest BCUT2D eigenvalue weighted by Crippen LogP contribution is -2.34. The van der Waals surface area contributed by atoms with E-state index in [1.165, 1.54) is 4.57 Å². The van der Waals surface area contributed by atoms with Crippen molar-refractivity contribution < 1.29 is 0 Å². The first-order valence-corrected chi connectivity index (χ1v) is 6.26. The summed E-state index contributed by atoms with van der Waals surface area (Å²) in [5.41, 5.74) is 5.54. The number of nitrogen functional groups attached to an aromatic ring is 1. The van der Waals surface area contributed by atoms with E-state index in [4.69, 9.17) is 5.73 Å². The number of anilines is 2. The van der Waals surface area contributed by atoms with Crippen molar-refractivity contribution in [3.63, 3.8) is 0 Å². The number of hydrogen-bond donors (Lipinski definition) is 3. The number of nitrogens with two attached hydrogens (primary N) is 1. The van der Waals surface area contributed by atoms with Crippen molar-refractivity contribution in [2.75, 3.05) is 11.1 Å². The van der Waals surface area contributed by atoms with Crippen LogP contribution in [-0.2, 0) is 6.54 Å². The molecule has 1 aromatic heterocycles. The normalized spacial score (nSPS) is 20.7. The molecule has 1 heterocycles. The Morgan fingerprint density at radius 2 is 2.11 bits per heavy atom. The fraction of sp³-hybridized carbons (Fsp3) is 0.667. The zero-order valence-corrected chi connectivity index (χ0v) is 11.0. The van der Waals surface area contributed by atoms with Crippen molar-refractivity contribution in [1.82, 2.24) is 9.55 Å². The number of aromatic nitrogens is 2. The van der Waals surface area contributed by atoms with Crippen LogP contribution >= 0.6 is 0 Å². The Morgan fingerprint density at radius 3 is 2.61 bits per heavy atom. The van der Waals surface area contributed by atoms with E-state index >= 15 is 0 Å². The summed E-state index contributed by atoms with van der Waals surface area (Å²) < 4.78 is 1.40. The van der Waals surface area contributed by atoms with E-state index < -0.39 is 11.2 Å². The summed E-state index contributed by atoms with van der Waals surface area (Å²) in [6.45, 7) is 6.70. The lowest BCUT2D eigenvalue weighted by Gasteiger charge is -2.14. The molecule has 1 aliphatic carbocycles. The maximum Gasteiger partial charge on any atom is 0.330 e. The van der Waals surface area contributed by atoms with Crippen LogP contribution in [0.3, 0.4) is 0 Å². The van der Waals surface area contributed by atoms with Crippen LogP contribution < -0.4 is 22.3 Å². The molecular formula is C12H20N4O2. The third-order valence-corrected chi connectivity index (χ3v) is 3.52. The van der Waals surface area contributed by atoms with Gasteiger partial charge in [-0.25, -0.2) is 4.79 Å². The smallest absolute Gasteiger partial charge is 0.330 e. The van der Waals surface area contributed by atoms with Crippen LogP contribution in [0.5, 0.6) is 0 Å². The SMILES string of the molecule is CCCn1c(N)c(NC2CC2(C)C)c(=O)[nH]c1=O. The Morgan fingerprint density at radius 1 is 1.50 bits per heavy atom. The second kappa shape index (κ2) is 4.19. The Hall–Kier alpha value is -1.72. The second-order valence-corrected chi connectivity index (χ2v) is 5.56. The average Bonchev–Trinajstić information content (AvgIpc) is 2.87. The number of nitrogens with zero attached hydrogens (tertiary/aromatic N) is 1. The molecule has 0 aromatic carbocycles. The zero-order valence-electron chi connectivity index (χ0n) is 11.0. The Labute approximate surface area is 105 Å². The number of H-pyrrole nitrogens is 1. The predicted octanol–water partition coefficient (Wildman–Crippen LogP) is 0.739. The first kappa shape index (κ1) is 12.7. The van der Waals surface area contributed by atoms with E-state index in [1.54, 1.807) is 0 Å². The van der Waals surface area contributed by atoms with Gasteiger partial charge < -0.3 is 11.1 Å². The van der Waals surface area contributed by atoms with Gasteiger partial charge in [0.25, 0.3) is 5.56 Å². The van der Waals surface area contributed by atoms with Crippen molar-refractivity contribution in [3.05, 3.63) is 20.8 Å². The van der Waals surface area contributed by atoms with Crippen LogP contribution in [0.25, 0.3) is 0 Å². The van der Waals surface area contributed by atoms with Crippen LogP contribution in [-0.4, -0.2) is 15.6 Å². The van der Waals surface area contributed by atoms with Crippen molar-refractivity contribution in [2.24, 2.45) is 5.41 Å². The molecule has 1 saturated carbocycles. The van der Waals surface area contributed by atoms with Gasteiger partial charge in [-0.2, -0.15) is 0 Å². The van der Waals surface area contributed by atoms with E-state index in [0.29, 0.717) is 12.2 Å². The van der Waals surface area contributed by atoms with Crippen LogP contribution in [0, 0.1) is 5.41 Å². The van der Waals surface area contributed by atoms with Crippen LogP contribution in [0.4, 0.5) is 11.5 Å². The van der Waals surface area contributed by atoms with Gasteiger partial charge in [0.1, 0.15) is 11.5 Å². The van der Waals surface area contributed by atoms with Crippen molar-refractivity contribution in [2.45, 2.75) is 46.2 Å². The van der Waals surface area contributed by atoms with Gasteiger partial charge in [-0.3, -0.25) is 14.3 Å². The highest BCUT2D eigenvalue weighted by Gasteiger charge is 2.46. The lowest BCUT2D eigenvalue weighted by molar-refractivity contribution is 0.625. The maximum absolute atomic E-state index is 11.8. The molecule has 1 atom stereocenters. The van der Waals surface area contributed by atoms with Gasteiger partial charge in [-0.05, 0) is 18.3 Å². The molecule has 1 aromatic rings. The molecule has 6 heteroatoms. The lowest BCUT2D eigenvalue weighted by atomic mass is 10.2. The molecule has 1 fully saturated rings. The summed E-state index contributed by atoms with van der Waals surface area (Å²) in [7, 11) is 0. The molecular weight excluding hydrogens is 232 g/mol. The average molecular weight is 252 g/mol. The number of nitrogens with one attached hydrogen (secondary N) is 2. The fourth-order valence-electron chi connectivity index (χ4n) is 2.06. The molecule has 2 rings (SSSR count). The summed E-state index contributed by atoms with van der Waals surface area (Å²) in [5.74, 6) is 0.230. The largest absolute Gasteiger partial charge is 0.383 e. The van der Waals surface area contributed by atoms with Gasteiger partial charge >= 0.3 is 5.69 Å². The molecule has 6 nitrogen and oxygen atoms in total. The molecule has 0 spiro atoms. The third-order valence-electron chi connectivity index (χ3n) is 3.52. The van der Waals surface area contributed by atoms with Gasteiger partial charge in [-0.1, -0.05) is 20.8 Å². The molecule has 100 valence electrons. The first-order valence-electron chi connectivity index (χ1n) is 6.26. The summed E-state index contributed by atoms with van der Waals surface area (Å²) in [6.07, 6.45) is 1.78. The van der Waals surface area contributed by atoms with Gasteiger partial charge in [0.2, 0.25) is 0 Å². The van der Waals surface area contributed by atoms with Crippen LogP contribution in [0.1, 0.15) is 33.6 Å². The highest BCUT2D eigenvalue weighted by Crippen LogP contribution is 2.46. The highest BCUT2D eigenvalue weighted by atomic mass is 16.2. The van der Waals surface area contributed by atoms with E-state index in [9.17, 15) is 9.59 Å². The summed E-state index contributed by atoms with van der Waals surface area (Å²) in [5, 5.41) is 3.14. The number of hydrogen-bond acceptors (Lipinski definition) is 4. The molecule has 0 amide bonds. The molecule has 0 bridgehead atoms. The van der Waals surface area contributed by atoms with Gasteiger partial charge in [0.15, 0.2) is 0 Å². The Bertz CT molecular complexity index is 570. The predicted molar refractivity (Wildman–Crippen MR) is 71.8 cm³/mol. The molecule has 4 N–H and O–H groups in total. The molecule has 0 saturated heterocycles. The maximum atomic E-state index is 11.8. The minimum absolute atomic E-state index is 0.185. The number of aromatic amines is 1. The van der Waals surface area contributed by atoms with Gasteiger partial charge in [0, 0.05) is 12.6 Å². The molecule has 1 unspecified atom stereocenters. The van der Waals surface area contributed by atoms with Gasteiger partial charge in [0.05, 0.1) is 0 Å². The van der Waals surface area contributed by atoms with E-state index in [-0.39, 0.29) is 17.3 Å². The van der Waals surface area contributed by atoms with Crippen LogP contribution in [0.2, 0.25) is 0 Å². The molecule has 1 aliphatic rings. The highest BCUT2D eigenvalue weighted by molar-refractivity contribution is 5.61. The van der Waals surface area contributed by atoms with E-state index in [1.807, 2.05) is 6.92 Å². The molecule has 18 heavy (non-hydrogen) atoms. The zero-order chi connectivity index (χ0) is 13.5. The van der Waals surface area contributed by atoms with Crippen molar-refractivity contribution >= 4 is 11.5 Å². The fourth-order valence-corrected chi connectivity index (χ4v) is 2.06. The van der Waals surface area contributed by atoms with Crippen molar-refractivity contribution in [3.8, 4) is 0 Å². The third kappa shape index (κ3) is 2.14. The van der Waals surface area contributed by atoms with Gasteiger partial charge in [-0.15, -0.1) is 0 Å². The summed E-state index contributed by atoms with van der Waals surface area (Å²) in [4.78, 5) is 25.7. The first-order chi connectivity index (χ1) is 8.36. The summed E-state index contributed by atoms with van der Waals surface area (Å²) >= 11 is 0. The minimum atomic E-state index is -0.444. The monoisotopic (exact) mass is 252 g/mol.